The van der Waals surface area contributed by atoms with Gasteiger partial charge in [-0.05, 0) is 32.4 Å². The van der Waals surface area contributed by atoms with Crippen LogP contribution in [0.1, 0.15) is 19.3 Å². The predicted molar refractivity (Wildman–Crippen MR) is 50.9 cm³/mol. The van der Waals surface area contributed by atoms with E-state index in [-0.39, 0.29) is 11.9 Å². The summed E-state index contributed by atoms with van der Waals surface area (Å²) in [7, 11) is 0. The maximum Gasteiger partial charge on any atom is 0.260 e. The Bertz CT molecular complexity index is 216. The summed E-state index contributed by atoms with van der Waals surface area (Å²) in [5.41, 5.74) is 1.70. The standard InChI is InChI=1S/C9H17N3O2/c13-9(11-14)8-5-7(6-10-8)12-3-1-2-4-12/h7-8,10,14H,1-6H2,(H,11,13)/t7-,8+/m0/s1. The van der Waals surface area contributed by atoms with Crippen molar-refractivity contribution in [2.45, 2.75) is 31.3 Å². The lowest BCUT2D eigenvalue weighted by Crippen LogP contribution is -2.38. The van der Waals surface area contributed by atoms with E-state index in [1.807, 2.05) is 0 Å². The molecule has 3 N–H and O–H groups in total. The maximum absolute atomic E-state index is 11.1. The molecular weight excluding hydrogens is 182 g/mol. The van der Waals surface area contributed by atoms with E-state index in [4.69, 9.17) is 5.21 Å². The van der Waals surface area contributed by atoms with Gasteiger partial charge >= 0.3 is 0 Å². The number of hydrogen-bond acceptors (Lipinski definition) is 4. The Balaban J connectivity index is 1.84. The summed E-state index contributed by atoms with van der Waals surface area (Å²) in [5, 5.41) is 11.6. The largest absolute Gasteiger partial charge is 0.304 e. The molecule has 14 heavy (non-hydrogen) atoms. The van der Waals surface area contributed by atoms with Crippen LogP contribution in [0.5, 0.6) is 0 Å². The average molecular weight is 199 g/mol. The van der Waals surface area contributed by atoms with E-state index in [0.717, 1.165) is 26.1 Å². The first-order valence-corrected chi connectivity index (χ1v) is 5.22. The fourth-order valence-corrected chi connectivity index (χ4v) is 2.38. The molecule has 0 aromatic carbocycles. The van der Waals surface area contributed by atoms with Crippen molar-refractivity contribution in [3.05, 3.63) is 0 Å². The molecular formula is C9H17N3O2. The van der Waals surface area contributed by atoms with Crippen LogP contribution in [-0.2, 0) is 4.79 Å². The monoisotopic (exact) mass is 199 g/mol. The van der Waals surface area contributed by atoms with Crippen LogP contribution in [-0.4, -0.2) is 47.7 Å². The summed E-state index contributed by atoms with van der Waals surface area (Å²) in [6, 6.07) is 0.255. The number of likely N-dealkylation sites (tertiary alicyclic amines) is 1. The number of hydroxylamine groups is 1. The molecule has 0 radical (unpaired) electrons. The highest BCUT2D eigenvalue weighted by molar-refractivity contribution is 5.81. The highest BCUT2D eigenvalue weighted by Gasteiger charge is 2.33. The number of rotatable bonds is 2. The van der Waals surface area contributed by atoms with Crippen LogP contribution in [0.2, 0.25) is 0 Å². The number of amides is 1. The molecule has 5 heteroatoms. The van der Waals surface area contributed by atoms with Crippen molar-refractivity contribution in [1.29, 1.82) is 0 Å². The molecule has 2 saturated heterocycles. The molecule has 0 unspecified atom stereocenters. The number of carbonyl (C=O) groups is 1. The fourth-order valence-electron chi connectivity index (χ4n) is 2.38. The van der Waals surface area contributed by atoms with Gasteiger partial charge in [-0.25, -0.2) is 5.48 Å². The molecule has 0 aliphatic carbocycles. The van der Waals surface area contributed by atoms with Gasteiger partial charge in [0.1, 0.15) is 0 Å². The van der Waals surface area contributed by atoms with Crippen molar-refractivity contribution in [2.24, 2.45) is 0 Å². The van der Waals surface area contributed by atoms with Crippen molar-refractivity contribution >= 4 is 5.91 Å². The fraction of sp³-hybridized carbons (Fsp3) is 0.889. The normalized spacial score (nSPS) is 33.5. The van der Waals surface area contributed by atoms with Crippen molar-refractivity contribution in [3.8, 4) is 0 Å². The summed E-state index contributed by atoms with van der Waals surface area (Å²) >= 11 is 0. The molecule has 2 rings (SSSR count). The topological polar surface area (TPSA) is 64.6 Å². The second-order valence-electron chi connectivity index (χ2n) is 4.07. The summed E-state index contributed by atoms with van der Waals surface area (Å²) in [6.07, 6.45) is 3.35. The van der Waals surface area contributed by atoms with Gasteiger partial charge in [0, 0.05) is 12.6 Å². The second kappa shape index (κ2) is 4.25. The molecule has 5 nitrogen and oxygen atoms in total. The first-order chi connectivity index (χ1) is 6.81. The Labute approximate surface area is 83.4 Å². The number of nitrogens with zero attached hydrogens (tertiary/aromatic N) is 1. The van der Waals surface area contributed by atoms with Crippen LogP contribution >= 0.6 is 0 Å². The van der Waals surface area contributed by atoms with Crippen LogP contribution in [0.25, 0.3) is 0 Å². The first-order valence-electron chi connectivity index (χ1n) is 5.22. The summed E-state index contributed by atoms with van der Waals surface area (Å²) < 4.78 is 0. The Hall–Kier alpha value is -0.650. The van der Waals surface area contributed by atoms with Crippen LogP contribution in [0, 0.1) is 0 Å². The minimum Gasteiger partial charge on any atom is -0.304 e. The maximum atomic E-state index is 11.1. The molecule has 0 spiro atoms. The summed E-state index contributed by atoms with van der Waals surface area (Å²) in [6.45, 7) is 3.16. The first kappa shape index (κ1) is 9.89. The van der Waals surface area contributed by atoms with Crippen LogP contribution in [0.3, 0.4) is 0 Å². The average Bonchev–Trinajstić information content (AvgIpc) is 2.86. The Kier molecular flexibility index (Phi) is 3.00. The van der Waals surface area contributed by atoms with Crippen LogP contribution in [0.4, 0.5) is 0 Å². The molecule has 0 aromatic rings. The minimum absolute atomic E-state index is 0.217. The Morgan fingerprint density at radius 3 is 2.79 bits per heavy atom. The van der Waals surface area contributed by atoms with Gasteiger partial charge in [-0.1, -0.05) is 0 Å². The Morgan fingerprint density at radius 1 is 1.43 bits per heavy atom. The number of carbonyl (C=O) groups excluding carboxylic acids is 1. The molecule has 1 amide bonds. The van der Waals surface area contributed by atoms with Crippen molar-refractivity contribution < 1.29 is 10.0 Å². The molecule has 2 heterocycles. The van der Waals surface area contributed by atoms with E-state index in [0.29, 0.717) is 6.04 Å². The molecule has 2 aliphatic rings. The van der Waals surface area contributed by atoms with Crippen LogP contribution in [0.15, 0.2) is 0 Å². The SMILES string of the molecule is O=C(NO)[C@H]1C[C@H](N2CCCC2)CN1. The Morgan fingerprint density at radius 2 is 2.14 bits per heavy atom. The quantitative estimate of drug-likeness (QED) is 0.407. The molecule has 0 saturated carbocycles. The molecule has 0 bridgehead atoms. The number of hydrogen-bond donors (Lipinski definition) is 3. The highest BCUT2D eigenvalue weighted by atomic mass is 16.5. The van der Waals surface area contributed by atoms with E-state index in [9.17, 15) is 4.79 Å². The van der Waals surface area contributed by atoms with E-state index in [1.54, 1.807) is 5.48 Å². The lowest BCUT2D eigenvalue weighted by molar-refractivity contribution is -0.131. The lowest BCUT2D eigenvalue weighted by atomic mass is 10.1. The predicted octanol–water partition coefficient (Wildman–Crippen LogP) is -0.682. The molecule has 2 fully saturated rings. The zero-order valence-corrected chi connectivity index (χ0v) is 8.20. The van der Waals surface area contributed by atoms with Gasteiger partial charge < -0.3 is 5.32 Å². The van der Waals surface area contributed by atoms with Crippen molar-refractivity contribution in [2.75, 3.05) is 19.6 Å². The van der Waals surface area contributed by atoms with Gasteiger partial charge in [-0.3, -0.25) is 14.9 Å². The molecule has 2 aliphatic heterocycles. The molecule has 2 atom stereocenters. The third-order valence-electron chi connectivity index (χ3n) is 3.19. The van der Waals surface area contributed by atoms with Gasteiger partial charge in [0.05, 0.1) is 6.04 Å². The highest BCUT2D eigenvalue weighted by Crippen LogP contribution is 2.18. The van der Waals surface area contributed by atoms with Crippen LogP contribution < -0.4 is 10.8 Å². The second-order valence-corrected chi connectivity index (χ2v) is 4.07. The zero-order valence-electron chi connectivity index (χ0n) is 8.20. The minimum atomic E-state index is -0.313. The van der Waals surface area contributed by atoms with Crippen molar-refractivity contribution in [3.63, 3.8) is 0 Å². The molecule has 0 aromatic heterocycles. The van der Waals surface area contributed by atoms with Gasteiger partial charge in [0.2, 0.25) is 0 Å². The molecule has 80 valence electrons. The zero-order chi connectivity index (χ0) is 9.97. The lowest BCUT2D eigenvalue weighted by Gasteiger charge is -2.21. The van der Waals surface area contributed by atoms with Gasteiger partial charge in [0.25, 0.3) is 5.91 Å². The summed E-state index contributed by atoms with van der Waals surface area (Å²) in [4.78, 5) is 13.6. The van der Waals surface area contributed by atoms with Gasteiger partial charge in [0.15, 0.2) is 0 Å². The van der Waals surface area contributed by atoms with E-state index in [1.165, 1.54) is 12.8 Å². The van der Waals surface area contributed by atoms with E-state index in [2.05, 4.69) is 10.2 Å². The van der Waals surface area contributed by atoms with Gasteiger partial charge in [-0.2, -0.15) is 0 Å². The summed E-state index contributed by atoms with van der Waals surface area (Å²) in [5.74, 6) is -0.313. The van der Waals surface area contributed by atoms with E-state index >= 15 is 0 Å². The number of nitrogens with one attached hydrogen (secondary N) is 2. The third-order valence-corrected chi connectivity index (χ3v) is 3.19. The third kappa shape index (κ3) is 1.89. The van der Waals surface area contributed by atoms with E-state index < -0.39 is 0 Å². The smallest absolute Gasteiger partial charge is 0.260 e. The van der Waals surface area contributed by atoms with Gasteiger partial charge in [-0.15, -0.1) is 0 Å². The van der Waals surface area contributed by atoms with Crippen molar-refractivity contribution in [1.82, 2.24) is 15.7 Å².